The molecule has 5 nitrogen and oxygen atoms in total. The summed E-state index contributed by atoms with van der Waals surface area (Å²) in [7, 11) is 3.92. The van der Waals surface area contributed by atoms with Crippen molar-refractivity contribution in [3.63, 3.8) is 0 Å². The molecule has 1 atom stereocenters. The van der Waals surface area contributed by atoms with Crippen LogP contribution in [0.1, 0.15) is 35.5 Å². The van der Waals surface area contributed by atoms with Gasteiger partial charge in [-0.2, -0.15) is 10.2 Å². The minimum absolute atomic E-state index is 0.291. The fraction of sp³-hybridized carbons (Fsp3) is 0.538. The Labute approximate surface area is 108 Å². The van der Waals surface area contributed by atoms with Gasteiger partial charge in [0.2, 0.25) is 0 Å². The molecule has 0 saturated heterocycles. The minimum atomic E-state index is 0.291. The molecule has 2 aromatic heterocycles. The summed E-state index contributed by atoms with van der Waals surface area (Å²) in [5.41, 5.74) is 4.81. The predicted molar refractivity (Wildman–Crippen MR) is 71.1 cm³/mol. The van der Waals surface area contributed by atoms with Crippen LogP contribution < -0.4 is 5.32 Å². The summed E-state index contributed by atoms with van der Waals surface area (Å²) < 4.78 is 3.76. The van der Waals surface area contributed by atoms with Crippen molar-refractivity contribution in [3.8, 4) is 0 Å². The molecule has 0 fully saturated rings. The van der Waals surface area contributed by atoms with E-state index in [0.717, 1.165) is 12.2 Å². The Balaban J connectivity index is 2.05. The Hall–Kier alpha value is -1.62. The Morgan fingerprint density at radius 2 is 2.06 bits per heavy atom. The third-order valence-corrected chi connectivity index (χ3v) is 3.37. The van der Waals surface area contributed by atoms with Crippen molar-refractivity contribution in [3.05, 3.63) is 34.9 Å². The molecule has 1 N–H and O–H groups in total. The number of aromatic nitrogens is 4. The topological polar surface area (TPSA) is 47.7 Å². The van der Waals surface area contributed by atoms with Crippen LogP contribution in [0.15, 0.2) is 12.4 Å². The summed E-state index contributed by atoms with van der Waals surface area (Å²) in [6.07, 6.45) is 3.92. The summed E-state index contributed by atoms with van der Waals surface area (Å²) in [6.45, 7) is 7.17. The molecule has 18 heavy (non-hydrogen) atoms. The second kappa shape index (κ2) is 4.94. The van der Waals surface area contributed by atoms with Crippen molar-refractivity contribution < 1.29 is 0 Å². The summed E-state index contributed by atoms with van der Waals surface area (Å²) in [6, 6.07) is 0.291. The third-order valence-electron chi connectivity index (χ3n) is 3.37. The molecule has 0 saturated carbocycles. The SMILES string of the molecule is Cc1nn(C)c(C)c1C(C)NCc1cnn(C)c1. The van der Waals surface area contributed by atoms with E-state index in [1.165, 1.54) is 16.8 Å². The molecule has 2 aromatic rings. The van der Waals surface area contributed by atoms with Gasteiger partial charge in [0.15, 0.2) is 0 Å². The maximum atomic E-state index is 4.45. The van der Waals surface area contributed by atoms with Crippen LogP contribution in [-0.4, -0.2) is 19.6 Å². The summed E-state index contributed by atoms with van der Waals surface area (Å²) in [5, 5.41) is 12.1. The molecule has 0 bridgehead atoms. The Kier molecular flexibility index (Phi) is 3.52. The highest BCUT2D eigenvalue weighted by atomic mass is 15.3. The molecule has 0 radical (unpaired) electrons. The Morgan fingerprint density at radius 3 is 2.56 bits per heavy atom. The molecule has 0 spiro atoms. The van der Waals surface area contributed by atoms with E-state index in [1.54, 1.807) is 0 Å². The van der Waals surface area contributed by atoms with Crippen LogP contribution >= 0.6 is 0 Å². The molecule has 5 heteroatoms. The highest BCUT2D eigenvalue weighted by Crippen LogP contribution is 2.20. The molecule has 2 heterocycles. The van der Waals surface area contributed by atoms with Gasteiger partial charge in [-0.1, -0.05) is 0 Å². The zero-order valence-electron chi connectivity index (χ0n) is 11.7. The Bertz CT molecular complexity index is 538. The van der Waals surface area contributed by atoms with E-state index in [2.05, 4.69) is 36.3 Å². The molecule has 0 aliphatic heterocycles. The minimum Gasteiger partial charge on any atom is -0.306 e. The number of hydrogen-bond donors (Lipinski definition) is 1. The molecule has 0 aliphatic rings. The normalized spacial score (nSPS) is 12.9. The van der Waals surface area contributed by atoms with Crippen molar-refractivity contribution >= 4 is 0 Å². The first-order chi connectivity index (χ1) is 8.49. The monoisotopic (exact) mass is 247 g/mol. The van der Waals surface area contributed by atoms with E-state index in [0.29, 0.717) is 6.04 Å². The van der Waals surface area contributed by atoms with Gasteiger partial charge in [0.05, 0.1) is 11.9 Å². The van der Waals surface area contributed by atoms with Gasteiger partial charge in [-0.3, -0.25) is 9.36 Å². The quantitative estimate of drug-likeness (QED) is 0.893. The predicted octanol–water partition coefficient (Wildman–Crippen LogP) is 1.62. The van der Waals surface area contributed by atoms with Gasteiger partial charge in [-0.15, -0.1) is 0 Å². The van der Waals surface area contributed by atoms with Gasteiger partial charge >= 0.3 is 0 Å². The summed E-state index contributed by atoms with van der Waals surface area (Å²) in [4.78, 5) is 0. The fourth-order valence-corrected chi connectivity index (χ4v) is 2.35. The largest absolute Gasteiger partial charge is 0.306 e. The van der Waals surface area contributed by atoms with Gasteiger partial charge < -0.3 is 5.32 Å². The van der Waals surface area contributed by atoms with E-state index < -0.39 is 0 Å². The van der Waals surface area contributed by atoms with Crippen LogP contribution in [0, 0.1) is 13.8 Å². The second-order valence-corrected chi connectivity index (χ2v) is 4.83. The van der Waals surface area contributed by atoms with E-state index in [-0.39, 0.29) is 0 Å². The van der Waals surface area contributed by atoms with Crippen LogP contribution in [0.4, 0.5) is 0 Å². The lowest BCUT2D eigenvalue weighted by Crippen LogP contribution is -2.19. The molecule has 98 valence electrons. The van der Waals surface area contributed by atoms with Crippen LogP contribution in [-0.2, 0) is 20.6 Å². The van der Waals surface area contributed by atoms with E-state index in [9.17, 15) is 0 Å². The zero-order chi connectivity index (χ0) is 13.3. The van der Waals surface area contributed by atoms with Crippen molar-refractivity contribution in [2.45, 2.75) is 33.4 Å². The molecular weight excluding hydrogens is 226 g/mol. The standard InChI is InChI=1S/C13H21N5/c1-9(13-10(2)16-18(5)11(13)3)14-6-12-7-15-17(4)8-12/h7-9,14H,6H2,1-5H3. The van der Waals surface area contributed by atoms with Gasteiger partial charge in [-0.25, -0.2) is 0 Å². The number of aryl methyl sites for hydroxylation is 3. The number of nitrogens with zero attached hydrogens (tertiary/aromatic N) is 4. The summed E-state index contributed by atoms with van der Waals surface area (Å²) in [5.74, 6) is 0. The molecular formula is C13H21N5. The maximum absolute atomic E-state index is 4.45. The van der Waals surface area contributed by atoms with Crippen LogP contribution in [0.2, 0.25) is 0 Å². The van der Waals surface area contributed by atoms with Crippen molar-refractivity contribution in [1.82, 2.24) is 24.9 Å². The molecule has 2 rings (SSSR count). The van der Waals surface area contributed by atoms with Gasteiger partial charge in [0, 0.05) is 49.7 Å². The molecule has 0 aromatic carbocycles. The third kappa shape index (κ3) is 2.46. The molecule has 0 aliphatic carbocycles. The van der Waals surface area contributed by atoms with Crippen molar-refractivity contribution in [2.75, 3.05) is 0 Å². The maximum Gasteiger partial charge on any atom is 0.0644 e. The molecule has 1 unspecified atom stereocenters. The smallest absolute Gasteiger partial charge is 0.0644 e. The first kappa shape index (κ1) is 12.8. The number of rotatable bonds is 4. The first-order valence-electron chi connectivity index (χ1n) is 6.20. The Morgan fingerprint density at radius 1 is 1.33 bits per heavy atom. The lowest BCUT2D eigenvalue weighted by atomic mass is 10.1. The average Bonchev–Trinajstić information content (AvgIpc) is 2.82. The van der Waals surface area contributed by atoms with Gasteiger partial charge in [0.1, 0.15) is 0 Å². The molecule has 0 amide bonds. The van der Waals surface area contributed by atoms with E-state index >= 15 is 0 Å². The second-order valence-electron chi connectivity index (χ2n) is 4.83. The highest BCUT2D eigenvalue weighted by molar-refractivity contribution is 5.27. The van der Waals surface area contributed by atoms with Crippen LogP contribution in [0.3, 0.4) is 0 Å². The van der Waals surface area contributed by atoms with Crippen molar-refractivity contribution in [2.24, 2.45) is 14.1 Å². The van der Waals surface area contributed by atoms with E-state index in [1.807, 2.05) is 35.9 Å². The average molecular weight is 247 g/mol. The number of nitrogens with one attached hydrogen (secondary N) is 1. The lowest BCUT2D eigenvalue weighted by molar-refractivity contribution is 0.568. The van der Waals surface area contributed by atoms with Gasteiger partial charge in [-0.05, 0) is 20.8 Å². The van der Waals surface area contributed by atoms with E-state index in [4.69, 9.17) is 0 Å². The lowest BCUT2D eigenvalue weighted by Gasteiger charge is -2.14. The first-order valence-corrected chi connectivity index (χ1v) is 6.20. The van der Waals surface area contributed by atoms with Gasteiger partial charge in [0.25, 0.3) is 0 Å². The summed E-state index contributed by atoms with van der Waals surface area (Å²) >= 11 is 0. The van der Waals surface area contributed by atoms with Crippen LogP contribution in [0.25, 0.3) is 0 Å². The van der Waals surface area contributed by atoms with Crippen molar-refractivity contribution in [1.29, 1.82) is 0 Å². The fourth-order valence-electron chi connectivity index (χ4n) is 2.35. The number of hydrogen-bond acceptors (Lipinski definition) is 3. The zero-order valence-corrected chi connectivity index (χ0v) is 11.7. The van der Waals surface area contributed by atoms with Crippen LogP contribution in [0.5, 0.6) is 0 Å². The highest BCUT2D eigenvalue weighted by Gasteiger charge is 2.15.